The number of sulfonamides is 1. The molecule has 0 atom stereocenters. The molecule has 1 aromatic heterocycles. The van der Waals surface area contributed by atoms with E-state index >= 15 is 0 Å². The van der Waals surface area contributed by atoms with Crippen LogP contribution in [0.1, 0.15) is 27.3 Å². The van der Waals surface area contributed by atoms with Crippen molar-refractivity contribution in [3.8, 4) is 5.69 Å². The molecule has 0 radical (unpaired) electrons. The molecule has 2 N–H and O–H groups in total. The number of nitrogens with zero attached hydrogens (tertiary/aromatic N) is 1. The first-order valence-electron chi connectivity index (χ1n) is 9.11. The van der Waals surface area contributed by atoms with Gasteiger partial charge in [-0.1, -0.05) is 12.1 Å². The summed E-state index contributed by atoms with van der Waals surface area (Å²) < 4.78 is 66.6. The Bertz CT molecular complexity index is 1230. The summed E-state index contributed by atoms with van der Waals surface area (Å²) in [5.74, 6) is -0.493. The lowest BCUT2D eigenvalue weighted by Gasteiger charge is -2.16. The number of hydrogen-bond acceptors (Lipinski definition) is 3. The van der Waals surface area contributed by atoms with Gasteiger partial charge in [0.2, 0.25) is 10.0 Å². The summed E-state index contributed by atoms with van der Waals surface area (Å²) >= 11 is 0. The SMILES string of the molecule is Cc1cc(C(=O)Nc2ccc(NS(C)(=O)=O)cc2)c(C)n1-c1ccccc1C(F)(F)F. The first-order chi connectivity index (χ1) is 14.4. The van der Waals surface area contributed by atoms with Crippen LogP contribution >= 0.6 is 0 Å². The van der Waals surface area contributed by atoms with Gasteiger partial charge < -0.3 is 9.88 Å². The standard InChI is InChI=1S/C21H20F3N3O3S/c1-13-12-17(14(2)27(13)19-7-5-4-6-18(19)21(22,23)24)20(28)25-15-8-10-16(11-9-15)26-31(3,29)30/h4-12,26H,1-3H3,(H,25,28). The molecule has 2 aromatic carbocycles. The van der Waals surface area contributed by atoms with Gasteiger partial charge in [0.1, 0.15) is 0 Å². The highest BCUT2D eigenvalue weighted by molar-refractivity contribution is 7.92. The van der Waals surface area contributed by atoms with Crippen molar-refractivity contribution in [2.75, 3.05) is 16.3 Å². The Morgan fingerprint density at radius 3 is 2.13 bits per heavy atom. The van der Waals surface area contributed by atoms with E-state index in [4.69, 9.17) is 0 Å². The number of nitrogens with one attached hydrogen (secondary N) is 2. The Balaban J connectivity index is 1.90. The third kappa shape index (κ3) is 5.08. The first-order valence-corrected chi connectivity index (χ1v) is 11.0. The number of aryl methyl sites for hydroxylation is 1. The van der Waals surface area contributed by atoms with E-state index in [0.717, 1.165) is 12.3 Å². The van der Waals surface area contributed by atoms with Crippen LogP contribution in [0.2, 0.25) is 0 Å². The van der Waals surface area contributed by atoms with Gasteiger partial charge in [0.25, 0.3) is 5.91 Å². The molecule has 0 bridgehead atoms. The molecule has 31 heavy (non-hydrogen) atoms. The normalized spacial score (nSPS) is 11.9. The predicted molar refractivity (Wildman–Crippen MR) is 113 cm³/mol. The fraction of sp³-hybridized carbons (Fsp3) is 0.190. The monoisotopic (exact) mass is 451 g/mol. The number of benzene rings is 2. The van der Waals surface area contributed by atoms with Gasteiger partial charge in [-0.2, -0.15) is 13.2 Å². The third-order valence-electron chi connectivity index (χ3n) is 4.57. The Hall–Kier alpha value is -3.27. The number of carbonyl (C=O) groups excluding carboxylic acids is 1. The molecule has 6 nitrogen and oxygen atoms in total. The van der Waals surface area contributed by atoms with Crippen molar-refractivity contribution in [3.05, 3.63) is 77.1 Å². The minimum atomic E-state index is -4.54. The van der Waals surface area contributed by atoms with Gasteiger partial charge in [0, 0.05) is 22.8 Å². The van der Waals surface area contributed by atoms with Crippen molar-refractivity contribution in [1.29, 1.82) is 0 Å². The highest BCUT2D eigenvalue weighted by Gasteiger charge is 2.34. The summed E-state index contributed by atoms with van der Waals surface area (Å²) in [6.45, 7) is 3.21. The van der Waals surface area contributed by atoms with Gasteiger partial charge in [-0.05, 0) is 56.3 Å². The summed E-state index contributed by atoms with van der Waals surface area (Å²) in [5, 5.41) is 2.67. The van der Waals surface area contributed by atoms with Crippen LogP contribution in [0, 0.1) is 13.8 Å². The maximum Gasteiger partial charge on any atom is 0.418 e. The van der Waals surface area contributed by atoms with Crippen molar-refractivity contribution in [3.63, 3.8) is 0 Å². The van der Waals surface area contributed by atoms with Crippen LogP contribution in [0.5, 0.6) is 0 Å². The van der Waals surface area contributed by atoms with E-state index in [9.17, 15) is 26.4 Å². The molecular formula is C21H20F3N3O3S. The lowest BCUT2D eigenvalue weighted by atomic mass is 10.1. The molecule has 0 aliphatic carbocycles. The summed E-state index contributed by atoms with van der Waals surface area (Å²) in [7, 11) is -3.42. The number of para-hydroxylation sites is 1. The van der Waals surface area contributed by atoms with Crippen molar-refractivity contribution in [1.82, 2.24) is 4.57 Å². The van der Waals surface area contributed by atoms with Crippen LogP contribution < -0.4 is 10.0 Å². The highest BCUT2D eigenvalue weighted by Crippen LogP contribution is 2.35. The number of aromatic nitrogens is 1. The van der Waals surface area contributed by atoms with E-state index in [2.05, 4.69) is 10.0 Å². The second-order valence-electron chi connectivity index (χ2n) is 7.04. The van der Waals surface area contributed by atoms with Crippen molar-refractivity contribution >= 4 is 27.3 Å². The molecule has 0 fully saturated rings. The third-order valence-corrected chi connectivity index (χ3v) is 5.18. The molecular weight excluding hydrogens is 431 g/mol. The Labute approximate surface area is 177 Å². The second-order valence-corrected chi connectivity index (χ2v) is 8.79. The zero-order valence-electron chi connectivity index (χ0n) is 16.9. The minimum absolute atomic E-state index is 0.0553. The van der Waals surface area contributed by atoms with Gasteiger partial charge in [-0.3, -0.25) is 9.52 Å². The Kier molecular flexibility index (Phi) is 5.86. The van der Waals surface area contributed by atoms with Gasteiger partial charge in [0.15, 0.2) is 0 Å². The molecule has 1 heterocycles. The summed E-state index contributed by atoms with van der Waals surface area (Å²) in [5.41, 5.74) is 0.965. The van der Waals surface area contributed by atoms with E-state index in [1.54, 1.807) is 13.8 Å². The highest BCUT2D eigenvalue weighted by atomic mass is 32.2. The Morgan fingerprint density at radius 2 is 1.55 bits per heavy atom. The quantitative estimate of drug-likeness (QED) is 0.588. The molecule has 0 aliphatic heterocycles. The van der Waals surface area contributed by atoms with Crippen LogP contribution in [0.25, 0.3) is 5.69 Å². The molecule has 1 amide bonds. The molecule has 0 saturated heterocycles. The van der Waals surface area contributed by atoms with Gasteiger partial charge >= 0.3 is 6.18 Å². The zero-order valence-corrected chi connectivity index (χ0v) is 17.7. The number of amides is 1. The van der Waals surface area contributed by atoms with E-state index in [0.29, 0.717) is 22.8 Å². The summed E-state index contributed by atoms with van der Waals surface area (Å²) in [4.78, 5) is 12.8. The second kappa shape index (κ2) is 8.10. The topological polar surface area (TPSA) is 80.2 Å². The average molecular weight is 451 g/mol. The molecule has 0 saturated carbocycles. The van der Waals surface area contributed by atoms with E-state index in [-0.39, 0.29) is 11.3 Å². The molecule has 0 unspecified atom stereocenters. The lowest BCUT2D eigenvalue weighted by molar-refractivity contribution is -0.137. The van der Waals surface area contributed by atoms with Crippen molar-refractivity contribution in [2.45, 2.75) is 20.0 Å². The Morgan fingerprint density at radius 1 is 0.968 bits per heavy atom. The van der Waals surface area contributed by atoms with E-state index in [1.165, 1.54) is 53.1 Å². The maximum absolute atomic E-state index is 13.5. The smallest absolute Gasteiger partial charge is 0.322 e. The maximum atomic E-state index is 13.5. The largest absolute Gasteiger partial charge is 0.418 e. The number of alkyl halides is 3. The zero-order chi connectivity index (χ0) is 23.0. The number of carbonyl (C=O) groups is 1. The van der Waals surface area contributed by atoms with Crippen LogP contribution in [-0.4, -0.2) is 25.1 Å². The summed E-state index contributed by atoms with van der Waals surface area (Å²) in [6, 6.07) is 12.7. The minimum Gasteiger partial charge on any atom is -0.322 e. The van der Waals surface area contributed by atoms with Crippen LogP contribution in [-0.2, 0) is 16.2 Å². The van der Waals surface area contributed by atoms with Gasteiger partial charge in [-0.15, -0.1) is 0 Å². The molecule has 0 spiro atoms. The number of anilines is 2. The molecule has 164 valence electrons. The van der Waals surface area contributed by atoms with Crippen molar-refractivity contribution < 1.29 is 26.4 Å². The molecule has 10 heteroatoms. The number of hydrogen-bond donors (Lipinski definition) is 2. The van der Waals surface area contributed by atoms with Crippen LogP contribution in [0.4, 0.5) is 24.5 Å². The van der Waals surface area contributed by atoms with Crippen LogP contribution in [0.3, 0.4) is 0 Å². The number of halogens is 3. The average Bonchev–Trinajstić information content (AvgIpc) is 2.96. The van der Waals surface area contributed by atoms with Gasteiger partial charge in [-0.25, -0.2) is 8.42 Å². The number of rotatable bonds is 5. The molecule has 3 rings (SSSR count). The summed E-state index contributed by atoms with van der Waals surface area (Å²) in [6.07, 6.45) is -3.51. The molecule has 0 aliphatic rings. The van der Waals surface area contributed by atoms with E-state index < -0.39 is 27.7 Å². The molecule has 3 aromatic rings. The van der Waals surface area contributed by atoms with Crippen LogP contribution in [0.15, 0.2) is 54.6 Å². The predicted octanol–water partition coefficient (Wildman–Crippen LogP) is 4.74. The van der Waals surface area contributed by atoms with Crippen molar-refractivity contribution in [2.24, 2.45) is 0 Å². The van der Waals surface area contributed by atoms with E-state index in [1.807, 2.05) is 0 Å². The fourth-order valence-corrected chi connectivity index (χ4v) is 3.87. The fourth-order valence-electron chi connectivity index (χ4n) is 3.31. The lowest BCUT2D eigenvalue weighted by Crippen LogP contribution is -2.15. The first kappa shape index (κ1) is 22.4. The van der Waals surface area contributed by atoms with Gasteiger partial charge in [0.05, 0.1) is 23.1 Å².